The number of rotatable bonds is 6. The third kappa shape index (κ3) is 2.97. The van der Waals surface area contributed by atoms with Crippen LogP contribution in [0.25, 0.3) is 0 Å². The number of aliphatic hydroxyl groups is 3. The fourth-order valence-corrected chi connectivity index (χ4v) is 11.2. The van der Waals surface area contributed by atoms with Gasteiger partial charge in [0.05, 0.1) is 18.8 Å². The van der Waals surface area contributed by atoms with E-state index in [-0.39, 0.29) is 18.1 Å². The highest BCUT2D eigenvalue weighted by Crippen LogP contribution is 2.89. The summed E-state index contributed by atoms with van der Waals surface area (Å²) >= 11 is 0. The van der Waals surface area contributed by atoms with E-state index in [2.05, 4.69) is 41.2 Å². The fourth-order valence-electron chi connectivity index (χ4n) is 11.2. The van der Waals surface area contributed by atoms with E-state index in [1.54, 1.807) is 0 Å². The van der Waals surface area contributed by atoms with Gasteiger partial charge < -0.3 is 15.3 Å². The molecule has 0 aromatic carbocycles. The van der Waals surface area contributed by atoms with Crippen molar-refractivity contribution in [2.45, 2.75) is 117 Å². The Hall–Kier alpha value is -0.380. The first-order chi connectivity index (χ1) is 15.4. The van der Waals surface area contributed by atoms with Crippen molar-refractivity contribution in [3.05, 3.63) is 12.2 Å². The van der Waals surface area contributed by atoms with Gasteiger partial charge in [-0.1, -0.05) is 41.2 Å². The summed E-state index contributed by atoms with van der Waals surface area (Å²) in [5.41, 5.74) is 2.51. The highest BCUT2D eigenvalue weighted by Gasteiger charge is 2.82. The van der Waals surface area contributed by atoms with E-state index < -0.39 is 6.10 Å². The zero-order valence-corrected chi connectivity index (χ0v) is 22.0. The van der Waals surface area contributed by atoms with Crippen molar-refractivity contribution >= 4 is 0 Å². The topological polar surface area (TPSA) is 60.7 Å². The van der Waals surface area contributed by atoms with Crippen LogP contribution < -0.4 is 0 Å². The van der Waals surface area contributed by atoms with E-state index in [4.69, 9.17) is 0 Å². The molecule has 3 nitrogen and oxygen atoms in total. The van der Waals surface area contributed by atoms with E-state index in [9.17, 15) is 15.3 Å². The van der Waals surface area contributed by atoms with Crippen LogP contribution in [0.1, 0.15) is 105 Å². The Balaban J connectivity index is 1.36. The minimum absolute atomic E-state index is 0.0700. The molecule has 5 fully saturated rings. The molecule has 33 heavy (non-hydrogen) atoms. The maximum absolute atomic E-state index is 10.8. The molecule has 0 aromatic rings. The van der Waals surface area contributed by atoms with Crippen molar-refractivity contribution in [2.24, 2.45) is 50.7 Å². The van der Waals surface area contributed by atoms with Crippen molar-refractivity contribution in [3.8, 4) is 0 Å². The van der Waals surface area contributed by atoms with Crippen molar-refractivity contribution in [3.63, 3.8) is 0 Å². The molecule has 0 aliphatic heterocycles. The normalized spacial score (nSPS) is 51.5. The number of fused-ring (bicyclic) bond motifs is 2. The first-order valence-corrected chi connectivity index (χ1v) is 14.0. The van der Waals surface area contributed by atoms with Crippen LogP contribution in [-0.2, 0) is 0 Å². The lowest BCUT2D eigenvalue weighted by Crippen LogP contribution is -2.57. The number of hydrogen-bond acceptors (Lipinski definition) is 3. The molecule has 0 aromatic heterocycles. The van der Waals surface area contributed by atoms with E-state index in [0.29, 0.717) is 39.1 Å². The largest absolute Gasteiger partial charge is 0.393 e. The zero-order valence-electron chi connectivity index (χ0n) is 22.0. The van der Waals surface area contributed by atoms with Crippen LogP contribution in [0.2, 0.25) is 0 Å². The second kappa shape index (κ2) is 7.56. The van der Waals surface area contributed by atoms with Crippen LogP contribution in [0.3, 0.4) is 0 Å². The summed E-state index contributed by atoms with van der Waals surface area (Å²) in [6.45, 7) is 16.1. The molecule has 3 N–H and O–H groups in total. The van der Waals surface area contributed by atoms with Crippen LogP contribution >= 0.6 is 0 Å². The van der Waals surface area contributed by atoms with Crippen molar-refractivity contribution in [2.75, 3.05) is 6.61 Å². The van der Waals surface area contributed by atoms with E-state index in [1.165, 1.54) is 51.4 Å². The van der Waals surface area contributed by atoms with Crippen LogP contribution in [0, 0.1) is 50.7 Å². The van der Waals surface area contributed by atoms with Crippen molar-refractivity contribution < 1.29 is 15.3 Å². The monoisotopic (exact) mass is 458 g/mol. The maximum atomic E-state index is 10.8. The summed E-state index contributed by atoms with van der Waals surface area (Å²) < 4.78 is 0. The third-order valence-electron chi connectivity index (χ3n) is 13.4. The summed E-state index contributed by atoms with van der Waals surface area (Å²) in [4.78, 5) is 0. The average Bonchev–Trinajstić information content (AvgIpc) is 3.36. The maximum Gasteiger partial charge on any atom is 0.0769 e. The molecule has 10 atom stereocenters. The lowest BCUT2D eigenvalue weighted by Gasteiger charge is -2.63. The van der Waals surface area contributed by atoms with Gasteiger partial charge in [-0.15, -0.1) is 0 Å². The Labute approximate surface area is 202 Å². The Bertz CT molecular complexity index is 804. The van der Waals surface area contributed by atoms with E-state index in [1.807, 2.05) is 0 Å². The molecule has 5 aliphatic carbocycles. The highest BCUT2D eigenvalue weighted by molar-refractivity contribution is 5.30. The van der Waals surface area contributed by atoms with Crippen molar-refractivity contribution in [1.29, 1.82) is 0 Å². The van der Waals surface area contributed by atoms with Crippen LogP contribution in [-0.4, -0.2) is 34.1 Å². The van der Waals surface area contributed by atoms with E-state index in [0.717, 1.165) is 31.1 Å². The fraction of sp³-hybridized carbons (Fsp3) is 0.933. The van der Waals surface area contributed by atoms with Gasteiger partial charge >= 0.3 is 0 Å². The first-order valence-electron chi connectivity index (χ1n) is 14.0. The molecular formula is C30H50O3. The van der Waals surface area contributed by atoms with Crippen molar-refractivity contribution in [1.82, 2.24) is 0 Å². The zero-order chi connectivity index (χ0) is 24.0. The minimum Gasteiger partial charge on any atom is -0.393 e. The average molecular weight is 459 g/mol. The molecule has 10 unspecified atom stereocenters. The summed E-state index contributed by atoms with van der Waals surface area (Å²) in [6, 6.07) is 0. The summed E-state index contributed by atoms with van der Waals surface area (Å²) in [6.07, 6.45) is 12.9. The molecule has 5 rings (SSSR count). The standard InChI is InChI=1S/C30H50O3/c1-19(7-8-22(32)20(2)17-31)21-11-13-28(6)24-10-9-23-26(3,4)25(33)12-14-29(23)18-30(24,29)16-15-27(21,28)5/h19,21-25,31-33H,2,7-18H2,1,3-6H3. The summed E-state index contributed by atoms with van der Waals surface area (Å²) in [5, 5.41) is 30.5. The second-order valence-corrected chi connectivity index (χ2v) is 14.4. The third-order valence-corrected chi connectivity index (χ3v) is 13.4. The van der Waals surface area contributed by atoms with Gasteiger partial charge in [-0.3, -0.25) is 0 Å². The Kier molecular flexibility index (Phi) is 5.57. The Morgan fingerprint density at radius 2 is 1.55 bits per heavy atom. The summed E-state index contributed by atoms with van der Waals surface area (Å²) in [7, 11) is 0. The quantitative estimate of drug-likeness (QED) is 0.421. The number of hydrogen-bond donors (Lipinski definition) is 3. The molecule has 0 bridgehead atoms. The van der Waals surface area contributed by atoms with Gasteiger partial charge in [0.25, 0.3) is 0 Å². The molecule has 188 valence electrons. The molecule has 3 heteroatoms. The second-order valence-electron chi connectivity index (χ2n) is 14.4. The molecule has 0 radical (unpaired) electrons. The van der Waals surface area contributed by atoms with Gasteiger partial charge in [-0.05, 0) is 127 Å². The molecule has 5 aliphatic rings. The predicted octanol–water partition coefficient (Wildman–Crippen LogP) is 6.11. The lowest BCUT2D eigenvalue weighted by molar-refractivity contribution is -0.161. The summed E-state index contributed by atoms with van der Waals surface area (Å²) in [5.74, 6) is 2.88. The molecule has 0 amide bonds. The van der Waals surface area contributed by atoms with E-state index >= 15 is 0 Å². The number of aliphatic hydroxyl groups excluding tert-OH is 3. The van der Waals surface area contributed by atoms with Gasteiger partial charge in [0.15, 0.2) is 0 Å². The molecule has 0 saturated heterocycles. The van der Waals surface area contributed by atoms with Gasteiger partial charge in [-0.2, -0.15) is 0 Å². The van der Waals surface area contributed by atoms with Gasteiger partial charge in [0.2, 0.25) is 0 Å². The molecular weight excluding hydrogens is 408 g/mol. The first kappa shape index (κ1) is 24.3. The smallest absolute Gasteiger partial charge is 0.0769 e. The highest BCUT2D eigenvalue weighted by atomic mass is 16.3. The van der Waals surface area contributed by atoms with Crippen LogP contribution in [0.4, 0.5) is 0 Å². The molecule has 0 heterocycles. The predicted molar refractivity (Wildman–Crippen MR) is 134 cm³/mol. The molecule has 5 saturated carbocycles. The van der Waals surface area contributed by atoms with Crippen LogP contribution in [0.15, 0.2) is 12.2 Å². The van der Waals surface area contributed by atoms with Crippen LogP contribution in [0.5, 0.6) is 0 Å². The minimum atomic E-state index is -0.570. The van der Waals surface area contributed by atoms with Gasteiger partial charge in [0.1, 0.15) is 0 Å². The Morgan fingerprint density at radius 3 is 2.24 bits per heavy atom. The van der Waals surface area contributed by atoms with Gasteiger partial charge in [0, 0.05) is 0 Å². The Morgan fingerprint density at radius 1 is 0.879 bits per heavy atom. The lowest BCUT2D eigenvalue weighted by atomic mass is 9.41. The molecule has 2 spiro atoms. The SMILES string of the molecule is C=C(CO)C(O)CCC(C)C1CCC2(C)C3CCC4C(C)(C)C(O)CCC45CC35CCC12C. The van der Waals surface area contributed by atoms with Gasteiger partial charge in [-0.25, -0.2) is 0 Å².